The van der Waals surface area contributed by atoms with E-state index in [0.717, 1.165) is 74.8 Å². The number of likely N-dealkylation sites (tertiary alicyclic amines) is 1. The Balaban J connectivity index is 1.47. The number of rotatable bonds is 4. The third kappa shape index (κ3) is 6.03. The predicted molar refractivity (Wildman–Crippen MR) is 129 cm³/mol. The average Bonchev–Trinajstić information content (AvgIpc) is 3.00. The minimum Gasteiger partial charge on any atom is -0.370 e. The van der Waals surface area contributed by atoms with Gasteiger partial charge in [0.25, 0.3) is 0 Å². The van der Waals surface area contributed by atoms with E-state index in [0.29, 0.717) is 18.0 Å². The van der Waals surface area contributed by atoms with E-state index in [2.05, 4.69) is 33.9 Å². The van der Waals surface area contributed by atoms with Gasteiger partial charge in [0, 0.05) is 36.9 Å². The number of anilines is 1. The molecule has 0 amide bonds. The molecule has 33 heavy (non-hydrogen) atoms. The van der Waals surface area contributed by atoms with Gasteiger partial charge in [0.05, 0.1) is 5.56 Å². The van der Waals surface area contributed by atoms with Crippen molar-refractivity contribution in [3.05, 3.63) is 63.7 Å². The maximum atomic E-state index is 13.8. The molecule has 0 spiro atoms. The fourth-order valence-corrected chi connectivity index (χ4v) is 5.19. The summed E-state index contributed by atoms with van der Waals surface area (Å²) in [4.78, 5) is 6.67. The maximum Gasteiger partial charge on any atom is 0.416 e. The van der Waals surface area contributed by atoms with Gasteiger partial charge in [-0.2, -0.15) is 13.2 Å². The van der Waals surface area contributed by atoms with Crippen LogP contribution in [0.1, 0.15) is 47.4 Å². The number of benzene rings is 2. The van der Waals surface area contributed by atoms with Crippen LogP contribution in [0.25, 0.3) is 0 Å². The van der Waals surface area contributed by atoms with E-state index in [4.69, 9.17) is 11.6 Å². The molecule has 0 atom stereocenters. The number of nitrogens with zero attached hydrogens (tertiary/aromatic N) is 3. The van der Waals surface area contributed by atoms with E-state index in [-0.39, 0.29) is 0 Å². The van der Waals surface area contributed by atoms with Crippen molar-refractivity contribution >= 4 is 17.3 Å². The van der Waals surface area contributed by atoms with E-state index in [1.165, 1.54) is 11.6 Å². The topological polar surface area (TPSA) is 9.72 Å². The first-order valence-corrected chi connectivity index (χ1v) is 12.2. The van der Waals surface area contributed by atoms with Crippen molar-refractivity contribution in [3.8, 4) is 0 Å². The van der Waals surface area contributed by atoms with Crippen LogP contribution in [0.2, 0.25) is 5.02 Å². The number of hydrogen-bond acceptors (Lipinski definition) is 3. The van der Waals surface area contributed by atoms with Crippen molar-refractivity contribution in [2.24, 2.45) is 0 Å². The summed E-state index contributed by atoms with van der Waals surface area (Å²) in [5.41, 5.74) is 3.13. The van der Waals surface area contributed by atoms with Gasteiger partial charge in [0.2, 0.25) is 0 Å². The van der Waals surface area contributed by atoms with Crippen LogP contribution in [-0.4, -0.2) is 56.1 Å². The zero-order valence-electron chi connectivity index (χ0n) is 19.5. The fraction of sp³-hybridized carbons (Fsp3) is 0.538. The Morgan fingerprint density at radius 1 is 0.939 bits per heavy atom. The molecule has 7 heteroatoms. The SMILES string of the molecule is Cc1cc(C2CCN(Cc3cc(N4CCCN(C)CC4)ccc3C(F)(F)F)CC2)ccc1Cl. The molecule has 0 saturated carbocycles. The standard InChI is InChI=1S/C26H33ClF3N3/c1-19-16-21(4-7-25(19)27)20-8-12-32(13-9-20)18-22-17-23(5-6-24(22)26(28,29)30)33-11-3-10-31(2)14-15-33/h4-7,16-17,20H,3,8-15,18H2,1-2H3. The molecule has 180 valence electrons. The van der Waals surface area contributed by atoms with Gasteiger partial charge in [-0.3, -0.25) is 4.90 Å². The number of aryl methyl sites for hydroxylation is 1. The van der Waals surface area contributed by atoms with Gasteiger partial charge in [-0.15, -0.1) is 0 Å². The lowest BCUT2D eigenvalue weighted by atomic mass is 9.88. The van der Waals surface area contributed by atoms with Crippen LogP contribution in [0.5, 0.6) is 0 Å². The van der Waals surface area contributed by atoms with Crippen molar-refractivity contribution in [2.75, 3.05) is 51.2 Å². The van der Waals surface area contributed by atoms with E-state index in [1.54, 1.807) is 12.1 Å². The molecule has 2 heterocycles. The molecule has 2 aromatic carbocycles. The molecule has 2 aliphatic rings. The fourth-order valence-electron chi connectivity index (χ4n) is 5.08. The molecule has 2 aromatic rings. The van der Waals surface area contributed by atoms with Gasteiger partial charge < -0.3 is 9.80 Å². The Kier molecular flexibility index (Phi) is 7.56. The second kappa shape index (κ2) is 10.2. The van der Waals surface area contributed by atoms with Crippen LogP contribution >= 0.6 is 11.6 Å². The highest BCUT2D eigenvalue weighted by atomic mass is 35.5. The second-order valence-electron chi connectivity index (χ2n) is 9.54. The summed E-state index contributed by atoms with van der Waals surface area (Å²) in [5, 5.41) is 0.770. The third-order valence-electron chi connectivity index (χ3n) is 7.11. The predicted octanol–water partition coefficient (Wildman–Crippen LogP) is 6.19. The lowest BCUT2D eigenvalue weighted by Gasteiger charge is -2.33. The summed E-state index contributed by atoms with van der Waals surface area (Å²) in [7, 11) is 2.09. The number of hydrogen-bond donors (Lipinski definition) is 0. The Hall–Kier alpha value is -1.76. The summed E-state index contributed by atoms with van der Waals surface area (Å²) in [6.07, 6.45) is -1.43. The quantitative estimate of drug-likeness (QED) is 0.517. The van der Waals surface area contributed by atoms with E-state index in [1.807, 2.05) is 13.0 Å². The van der Waals surface area contributed by atoms with E-state index < -0.39 is 11.7 Å². The molecule has 2 saturated heterocycles. The van der Waals surface area contributed by atoms with Crippen molar-refractivity contribution < 1.29 is 13.2 Å². The molecule has 3 nitrogen and oxygen atoms in total. The first-order chi connectivity index (χ1) is 15.7. The summed E-state index contributed by atoms with van der Waals surface area (Å²) >= 11 is 6.16. The van der Waals surface area contributed by atoms with Crippen molar-refractivity contribution in [2.45, 2.75) is 44.8 Å². The molecule has 0 unspecified atom stereocenters. The van der Waals surface area contributed by atoms with Gasteiger partial charge in [0.15, 0.2) is 0 Å². The summed E-state index contributed by atoms with van der Waals surface area (Å²) < 4.78 is 41.4. The summed E-state index contributed by atoms with van der Waals surface area (Å²) in [6.45, 7) is 7.59. The van der Waals surface area contributed by atoms with Crippen molar-refractivity contribution in [1.82, 2.24) is 9.80 Å². The number of alkyl halides is 3. The van der Waals surface area contributed by atoms with Gasteiger partial charge in [-0.25, -0.2) is 0 Å². The molecule has 0 bridgehead atoms. The largest absolute Gasteiger partial charge is 0.416 e. The third-order valence-corrected chi connectivity index (χ3v) is 7.54. The summed E-state index contributed by atoms with van der Waals surface area (Å²) in [5.74, 6) is 0.430. The van der Waals surface area contributed by atoms with Crippen LogP contribution in [0.3, 0.4) is 0 Å². The van der Waals surface area contributed by atoms with Gasteiger partial charge in [0.1, 0.15) is 0 Å². The number of piperidine rings is 1. The molecule has 0 aliphatic carbocycles. The molecule has 2 fully saturated rings. The zero-order chi connectivity index (χ0) is 23.6. The first kappa shape index (κ1) is 24.4. The Morgan fingerprint density at radius 2 is 1.70 bits per heavy atom. The Morgan fingerprint density at radius 3 is 2.39 bits per heavy atom. The Labute approximate surface area is 200 Å². The highest BCUT2D eigenvalue weighted by Crippen LogP contribution is 2.36. The van der Waals surface area contributed by atoms with Crippen LogP contribution in [0.4, 0.5) is 18.9 Å². The van der Waals surface area contributed by atoms with Gasteiger partial charge in [-0.1, -0.05) is 23.7 Å². The van der Waals surface area contributed by atoms with Crippen molar-refractivity contribution in [1.29, 1.82) is 0 Å². The highest BCUT2D eigenvalue weighted by molar-refractivity contribution is 6.31. The molecular weight excluding hydrogens is 447 g/mol. The summed E-state index contributed by atoms with van der Waals surface area (Å²) in [6, 6.07) is 10.9. The lowest BCUT2D eigenvalue weighted by Crippen LogP contribution is -2.33. The van der Waals surface area contributed by atoms with Crippen molar-refractivity contribution in [3.63, 3.8) is 0 Å². The first-order valence-electron chi connectivity index (χ1n) is 11.8. The molecule has 0 N–H and O–H groups in total. The van der Waals surface area contributed by atoms with E-state index in [9.17, 15) is 13.2 Å². The Bertz CT molecular complexity index is 954. The minimum atomic E-state index is -4.34. The highest BCUT2D eigenvalue weighted by Gasteiger charge is 2.34. The molecule has 2 aliphatic heterocycles. The number of halogens is 4. The molecular formula is C26H33ClF3N3. The van der Waals surface area contributed by atoms with Crippen LogP contribution in [-0.2, 0) is 12.7 Å². The second-order valence-corrected chi connectivity index (χ2v) is 9.95. The maximum absolute atomic E-state index is 13.8. The normalized spacial score (nSPS) is 19.6. The lowest BCUT2D eigenvalue weighted by molar-refractivity contribution is -0.138. The van der Waals surface area contributed by atoms with Crippen LogP contribution in [0, 0.1) is 6.92 Å². The minimum absolute atomic E-state index is 0.336. The van der Waals surface area contributed by atoms with Gasteiger partial charge >= 0.3 is 6.18 Å². The average molecular weight is 480 g/mol. The number of likely N-dealkylation sites (N-methyl/N-ethyl adjacent to an activating group) is 1. The molecule has 4 rings (SSSR count). The van der Waals surface area contributed by atoms with Crippen LogP contribution < -0.4 is 4.90 Å². The van der Waals surface area contributed by atoms with Gasteiger partial charge in [-0.05, 0) is 99.7 Å². The zero-order valence-corrected chi connectivity index (χ0v) is 20.2. The smallest absolute Gasteiger partial charge is 0.370 e. The molecule has 0 radical (unpaired) electrons. The van der Waals surface area contributed by atoms with Crippen LogP contribution in [0.15, 0.2) is 36.4 Å². The monoisotopic (exact) mass is 479 g/mol. The molecule has 0 aromatic heterocycles. The van der Waals surface area contributed by atoms with E-state index >= 15 is 0 Å².